The summed E-state index contributed by atoms with van der Waals surface area (Å²) < 4.78 is 28.0. The summed E-state index contributed by atoms with van der Waals surface area (Å²) in [6.45, 7) is 10.6. The van der Waals surface area contributed by atoms with Crippen LogP contribution in [-0.4, -0.2) is 21.5 Å². The molecule has 2 unspecified atom stereocenters. The fourth-order valence-electron chi connectivity index (χ4n) is 2.32. The second kappa shape index (κ2) is 7.38. The third-order valence-electron chi connectivity index (χ3n) is 4.13. The van der Waals surface area contributed by atoms with Gasteiger partial charge in [-0.05, 0) is 56.5 Å². The molecule has 1 aromatic carbocycles. The lowest BCUT2D eigenvalue weighted by Crippen LogP contribution is -2.37. The van der Waals surface area contributed by atoms with E-state index in [4.69, 9.17) is 0 Å². The summed E-state index contributed by atoms with van der Waals surface area (Å²) in [6, 6.07) is 3.65. The lowest BCUT2D eigenvalue weighted by molar-refractivity contribution is 0.434. The van der Waals surface area contributed by atoms with Crippen molar-refractivity contribution in [1.82, 2.24) is 10.0 Å². The Morgan fingerprint density at radius 3 is 2.29 bits per heavy atom. The first-order valence-electron chi connectivity index (χ1n) is 7.50. The minimum atomic E-state index is -3.48. The van der Waals surface area contributed by atoms with E-state index in [1.54, 1.807) is 6.07 Å². The molecule has 0 aromatic heterocycles. The molecule has 0 aliphatic rings. The smallest absolute Gasteiger partial charge is 0.241 e. The molecule has 0 saturated carbocycles. The molecule has 1 aromatic rings. The van der Waals surface area contributed by atoms with Crippen LogP contribution in [0, 0.1) is 19.8 Å². The molecule has 0 bridgehead atoms. The van der Waals surface area contributed by atoms with E-state index in [1.165, 1.54) is 0 Å². The predicted molar refractivity (Wildman–Crippen MR) is 87.9 cm³/mol. The van der Waals surface area contributed by atoms with Crippen LogP contribution in [0.25, 0.3) is 0 Å². The standard InChI is InChI=1S/C16H28N2O2S/c1-7-11(2)14(5)18-21(19,20)16-9-15(10-17-6)12(3)8-13(16)4/h8-9,11,14,17-18H,7,10H2,1-6H3. The number of benzene rings is 1. The maximum atomic E-state index is 12.6. The molecule has 0 aliphatic heterocycles. The monoisotopic (exact) mass is 312 g/mol. The van der Waals surface area contributed by atoms with Gasteiger partial charge in [-0.1, -0.05) is 26.3 Å². The quantitative estimate of drug-likeness (QED) is 0.814. The van der Waals surface area contributed by atoms with Crippen LogP contribution >= 0.6 is 0 Å². The van der Waals surface area contributed by atoms with Crippen molar-refractivity contribution in [3.05, 3.63) is 28.8 Å². The Hall–Kier alpha value is -0.910. The van der Waals surface area contributed by atoms with Gasteiger partial charge in [-0.2, -0.15) is 0 Å². The zero-order valence-corrected chi connectivity index (χ0v) is 14.8. The molecular weight excluding hydrogens is 284 g/mol. The van der Waals surface area contributed by atoms with Crippen LogP contribution in [-0.2, 0) is 16.6 Å². The summed E-state index contributed by atoms with van der Waals surface area (Å²) in [5, 5.41) is 3.08. The first kappa shape index (κ1) is 18.1. The van der Waals surface area contributed by atoms with Crippen molar-refractivity contribution in [3.63, 3.8) is 0 Å². The number of hydrogen-bond donors (Lipinski definition) is 2. The van der Waals surface area contributed by atoms with Crippen LogP contribution in [0.4, 0.5) is 0 Å². The van der Waals surface area contributed by atoms with Gasteiger partial charge in [0.05, 0.1) is 4.90 Å². The first-order chi connectivity index (χ1) is 9.72. The summed E-state index contributed by atoms with van der Waals surface area (Å²) in [4.78, 5) is 0.383. The Kier molecular flexibility index (Phi) is 6.38. The second-order valence-electron chi connectivity index (χ2n) is 5.87. The highest BCUT2D eigenvalue weighted by Crippen LogP contribution is 2.21. The van der Waals surface area contributed by atoms with Crippen molar-refractivity contribution >= 4 is 10.0 Å². The van der Waals surface area contributed by atoms with E-state index < -0.39 is 10.0 Å². The topological polar surface area (TPSA) is 58.2 Å². The number of hydrogen-bond acceptors (Lipinski definition) is 3. The molecule has 1 rings (SSSR count). The number of sulfonamides is 1. The zero-order chi connectivity index (χ0) is 16.2. The second-order valence-corrected chi connectivity index (χ2v) is 7.55. The van der Waals surface area contributed by atoms with Gasteiger partial charge >= 0.3 is 0 Å². The normalized spacial score (nSPS) is 15.0. The highest BCUT2D eigenvalue weighted by Gasteiger charge is 2.22. The molecule has 21 heavy (non-hydrogen) atoms. The third kappa shape index (κ3) is 4.53. The molecule has 120 valence electrons. The molecule has 2 N–H and O–H groups in total. The van der Waals surface area contributed by atoms with Gasteiger partial charge in [-0.15, -0.1) is 0 Å². The average Bonchev–Trinajstić information content (AvgIpc) is 2.40. The van der Waals surface area contributed by atoms with E-state index in [0.717, 1.165) is 23.1 Å². The summed E-state index contributed by atoms with van der Waals surface area (Å²) >= 11 is 0. The van der Waals surface area contributed by atoms with Crippen molar-refractivity contribution in [2.45, 2.75) is 58.5 Å². The van der Waals surface area contributed by atoms with Gasteiger partial charge in [-0.25, -0.2) is 13.1 Å². The molecule has 0 amide bonds. The maximum Gasteiger partial charge on any atom is 0.241 e. The van der Waals surface area contributed by atoms with Gasteiger partial charge in [0.15, 0.2) is 0 Å². The van der Waals surface area contributed by atoms with Gasteiger partial charge < -0.3 is 5.32 Å². The van der Waals surface area contributed by atoms with Crippen LogP contribution in [0.3, 0.4) is 0 Å². The minimum absolute atomic E-state index is 0.0755. The van der Waals surface area contributed by atoms with Crippen molar-refractivity contribution in [1.29, 1.82) is 0 Å². The van der Waals surface area contributed by atoms with Crippen LogP contribution in [0.1, 0.15) is 43.9 Å². The average molecular weight is 312 g/mol. The molecule has 0 heterocycles. The highest BCUT2D eigenvalue weighted by molar-refractivity contribution is 7.89. The molecule has 0 spiro atoms. The van der Waals surface area contributed by atoms with Crippen LogP contribution in [0.5, 0.6) is 0 Å². The Balaban J connectivity index is 3.16. The Morgan fingerprint density at radius 1 is 1.14 bits per heavy atom. The minimum Gasteiger partial charge on any atom is -0.316 e. The van der Waals surface area contributed by atoms with Crippen molar-refractivity contribution in [2.24, 2.45) is 5.92 Å². The summed E-state index contributed by atoms with van der Waals surface area (Å²) in [5.41, 5.74) is 2.91. The van der Waals surface area contributed by atoms with E-state index in [1.807, 2.05) is 33.9 Å². The number of aryl methyl sites for hydroxylation is 2. The summed E-state index contributed by atoms with van der Waals surface area (Å²) in [5.74, 6) is 0.308. The fourth-order valence-corrected chi connectivity index (χ4v) is 3.95. The highest BCUT2D eigenvalue weighted by atomic mass is 32.2. The van der Waals surface area contributed by atoms with Gasteiger partial charge in [0.25, 0.3) is 0 Å². The first-order valence-corrected chi connectivity index (χ1v) is 8.98. The number of rotatable bonds is 7. The van der Waals surface area contributed by atoms with Gasteiger partial charge in [0.1, 0.15) is 0 Å². The molecule has 4 nitrogen and oxygen atoms in total. The lowest BCUT2D eigenvalue weighted by atomic mass is 10.0. The molecule has 2 atom stereocenters. The van der Waals surface area contributed by atoms with E-state index in [9.17, 15) is 8.42 Å². The summed E-state index contributed by atoms with van der Waals surface area (Å²) in [6.07, 6.45) is 0.946. The van der Waals surface area contributed by atoms with Crippen molar-refractivity contribution in [3.8, 4) is 0 Å². The van der Waals surface area contributed by atoms with E-state index in [2.05, 4.69) is 23.9 Å². The molecule has 0 aliphatic carbocycles. The Morgan fingerprint density at radius 2 is 1.76 bits per heavy atom. The van der Waals surface area contributed by atoms with E-state index >= 15 is 0 Å². The SMILES string of the molecule is CCC(C)C(C)NS(=O)(=O)c1cc(CNC)c(C)cc1C. The zero-order valence-electron chi connectivity index (χ0n) is 13.9. The summed E-state index contributed by atoms with van der Waals surface area (Å²) in [7, 11) is -1.62. The largest absolute Gasteiger partial charge is 0.316 e. The maximum absolute atomic E-state index is 12.6. The van der Waals surface area contributed by atoms with E-state index in [-0.39, 0.29) is 6.04 Å². The predicted octanol–water partition coefficient (Wildman–Crippen LogP) is 2.74. The van der Waals surface area contributed by atoms with Crippen LogP contribution in [0.2, 0.25) is 0 Å². The molecule has 0 radical (unpaired) electrons. The van der Waals surface area contributed by atoms with Gasteiger partial charge in [-0.3, -0.25) is 0 Å². The number of nitrogens with one attached hydrogen (secondary N) is 2. The molecule has 0 saturated heterocycles. The lowest BCUT2D eigenvalue weighted by Gasteiger charge is -2.21. The molecule has 0 fully saturated rings. The van der Waals surface area contributed by atoms with E-state index in [0.29, 0.717) is 17.4 Å². The van der Waals surface area contributed by atoms with Crippen LogP contribution in [0.15, 0.2) is 17.0 Å². The third-order valence-corrected chi connectivity index (χ3v) is 5.83. The van der Waals surface area contributed by atoms with Gasteiger partial charge in [0, 0.05) is 12.6 Å². The Bertz CT molecular complexity index is 582. The Labute approximate surface area is 129 Å². The van der Waals surface area contributed by atoms with Gasteiger partial charge in [0.2, 0.25) is 10.0 Å². The van der Waals surface area contributed by atoms with Crippen molar-refractivity contribution in [2.75, 3.05) is 7.05 Å². The molecular formula is C16H28N2O2S. The van der Waals surface area contributed by atoms with Crippen molar-refractivity contribution < 1.29 is 8.42 Å². The fraction of sp³-hybridized carbons (Fsp3) is 0.625. The molecule has 5 heteroatoms. The van der Waals surface area contributed by atoms with Crippen LogP contribution < -0.4 is 10.0 Å².